The second-order valence-corrected chi connectivity index (χ2v) is 13.8. The Morgan fingerprint density at radius 3 is 1.72 bits per heavy atom. The van der Waals surface area contributed by atoms with Gasteiger partial charge in [0.25, 0.3) is 0 Å². The Balaban J connectivity index is 0.000000445. The molecule has 17 nitrogen and oxygen atoms in total. The van der Waals surface area contributed by atoms with Crippen LogP contribution in [0.1, 0.15) is 93.5 Å². The van der Waals surface area contributed by atoms with Gasteiger partial charge in [-0.05, 0) is 62.4 Å². The van der Waals surface area contributed by atoms with E-state index in [0.29, 0.717) is 42.3 Å². The Hall–Kier alpha value is -5.33. The number of carboxylic acid groups (broad SMARTS) is 6. The van der Waals surface area contributed by atoms with Gasteiger partial charge in [0, 0.05) is 41.7 Å². The molecule has 0 aliphatic heterocycles. The molecule has 1 aliphatic carbocycles. The molecule has 0 unspecified atom stereocenters. The van der Waals surface area contributed by atoms with Gasteiger partial charge in [-0.15, -0.1) is 0 Å². The van der Waals surface area contributed by atoms with Gasteiger partial charge < -0.3 is 40.7 Å². The van der Waals surface area contributed by atoms with Crippen molar-refractivity contribution in [3.8, 4) is 5.75 Å². The highest BCUT2D eigenvalue weighted by atomic mass is 35.5. The van der Waals surface area contributed by atoms with E-state index in [2.05, 4.69) is 12.2 Å². The quantitative estimate of drug-likeness (QED) is 0.0715. The Kier molecular flexibility index (Phi) is 23.9. The van der Waals surface area contributed by atoms with Crippen molar-refractivity contribution < 1.29 is 73.3 Å². The number of hydrogen-bond acceptors (Lipinski definition) is 10. The van der Waals surface area contributed by atoms with Crippen molar-refractivity contribution in [1.82, 2.24) is 9.80 Å². The van der Waals surface area contributed by atoms with Gasteiger partial charge in [0.1, 0.15) is 11.6 Å². The smallest absolute Gasteiger partial charge is 0.338 e. The molecule has 2 atom stereocenters. The van der Waals surface area contributed by atoms with Crippen LogP contribution in [0.4, 0.5) is 10.1 Å². The second-order valence-electron chi connectivity index (χ2n) is 13.4. The molecule has 0 aromatic heterocycles. The molecular formula is C39H53ClFN3O14. The summed E-state index contributed by atoms with van der Waals surface area (Å²) in [6.45, 7) is 2.48. The van der Waals surface area contributed by atoms with Crippen LogP contribution in [0, 0.1) is 12.7 Å². The highest BCUT2D eigenvalue weighted by Gasteiger charge is 2.37. The largest absolute Gasteiger partial charge is 0.493 e. The van der Waals surface area contributed by atoms with E-state index in [1.807, 2.05) is 6.92 Å². The van der Waals surface area contributed by atoms with Crippen LogP contribution < -0.4 is 10.1 Å². The summed E-state index contributed by atoms with van der Waals surface area (Å²) >= 11 is 5.91. The number of rotatable bonds is 22. The predicted molar refractivity (Wildman–Crippen MR) is 209 cm³/mol. The zero-order chi connectivity index (χ0) is 43.8. The van der Waals surface area contributed by atoms with E-state index >= 15 is 0 Å². The van der Waals surface area contributed by atoms with Crippen molar-refractivity contribution in [1.29, 1.82) is 0 Å². The van der Waals surface area contributed by atoms with Crippen molar-refractivity contribution >= 4 is 59.0 Å². The molecule has 0 spiro atoms. The standard InChI is InChI=1S/C14H22N2O8.C13H17FO3.C12H14ClNO3/c17-11(18)5-15(6-12(19)20)9-3-1-2-4-10(9)16(7-13(21)22)8-14(23)24;1-2-3-4-5-8-17-10-6-7-11(13(15)16)12(14)9-10;1-8-9(13)4-2-5-10(8)14-11(15)6-3-7-12(16)17/h9-10H,1-8H2,(H,17,18)(H,19,20)(H,21,22)(H,23,24);6-7,9H,2-5,8H2,1H3,(H,15,16);2,4-5H,3,6-7H2,1H3,(H,14,15)(H,16,17)/t9-,10-;;/m1../s1. The number of carbonyl (C=O) groups excluding carboxylic acids is 1. The van der Waals surface area contributed by atoms with Crippen molar-refractivity contribution in [2.45, 2.75) is 96.6 Å². The third-order valence-corrected chi connectivity index (χ3v) is 9.17. The molecule has 2 aromatic carbocycles. The van der Waals surface area contributed by atoms with E-state index < -0.39 is 79.9 Å². The van der Waals surface area contributed by atoms with Crippen LogP contribution in [-0.2, 0) is 28.8 Å². The molecule has 1 amide bonds. The van der Waals surface area contributed by atoms with Crippen molar-refractivity contribution in [3.63, 3.8) is 0 Å². The summed E-state index contributed by atoms with van der Waals surface area (Å²) in [5, 5.41) is 56.4. The molecule has 58 heavy (non-hydrogen) atoms. The SMILES string of the molecule is CCCCCCOc1ccc(C(=O)O)c(F)c1.Cc1c(Cl)cccc1NC(=O)CCCC(=O)O.O=C(O)CN(CC(=O)O)[C@@H]1CCCC[C@H]1N(CC(=O)O)CC(=O)O. The highest BCUT2D eigenvalue weighted by Crippen LogP contribution is 2.28. The number of anilines is 1. The normalized spacial score (nSPS) is 14.6. The van der Waals surface area contributed by atoms with Gasteiger partial charge in [-0.25, -0.2) is 9.18 Å². The first-order valence-electron chi connectivity index (χ1n) is 18.6. The van der Waals surface area contributed by atoms with Crippen molar-refractivity contribution in [3.05, 3.63) is 58.4 Å². The summed E-state index contributed by atoms with van der Waals surface area (Å²) in [7, 11) is 0. The molecule has 1 aliphatic rings. The molecule has 1 saturated carbocycles. The second kappa shape index (κ2) is 27.3. The lowest BCUT2D eigenvalue weighted by atomic mass is 9.87. The lowest BCUT2D eigenvalue weighted by Gasteiger charge is -2.43. The molecule has 322 valence electrons. The number of nitrogens with zero attached hydrogens (tertiary/aromatic N) is 2. The Labute approximate surface area is 340 Å². The highest BCUT2D eigenvalue weighted by molar-refractivity contribution is 6.31. The van der Waals surface area contributed by atoms with Crippen LogP contribution in [0.25, 0.3) is 0 Å². The third kappa shape index (κ3) is 20.7. The van der Waals surface area contributed by atoms with E-state index in [4.69, 9.17) is 47.0 Å². The number of halogens is 2. The maximum Gasteiger partial charge on any atom is 0.338 e. The van der Waals surface area contributed by atoms with Gasteiger partial charge >= 0.3 is 35.8 Å². The predicted octanol–water partition coefficient (Wildman–Crippen LogP) is 5.56. The third-order valence-electron chi connectivity index (χ3n) is 8.76. The molecule has 19 heteroatoms. The lowest BCUT2D eigenvalue weighted by Crippen LogP contribution is -2.57. The van der Waals surface area contributed by atoms with Gasteiger partial charge in [-0.3, -0.25) is 38.6 Å². The maximum atomic E-state index is 13.3. The Morgan fingerprint density at radius 1 is 0.741 bits per heavy atom. The van der Waals surface area contributed by atoms with E-state index in [1.54, 1.807) is 18.2 Å². The summed E-state index contributed by atoms with van der Waals surface area (Å²) in [6, 6.07) is 8.03. The van der Waals surface area contributed by atoms with E-state index in [9.17, 15) is 38.0 Å². The van der Waals surface area contributed by atoms with E-state index in [0.717, 1.165) is 50.2 Å². The Morgan fingerprint density at radius 2 is 1.28 bits per heavy atom. The number of unbranched alkanes of at least 4 members (excludes halogenated alkanes) is 3. The number of aromatic carboxylic acids is 1. The summed E-state index contributed by atoms with van der Waals surface area (Å²) in [5.74, 6) is -7.50. The van der Waals surface area contributed by atoms with Crippen LogP contribution in [0.15, 0.2) is 36.4 Å². The minimum Gasteiger partial charge on any atom is -0.493 e. The summed E-state index contributed by atoms with van der Waals surface area (Å²) in [6.07, 6.45) is 7.32. The fraction of sp³-hybridized carbons (Fsp3) is 0.513. The van der Waals surface area contributed by atoms with E-state index in [-0.39, 0.29) is 24.3 Å². The van der Waals surface area contributed by atoms with Crippen molar-refractivity contribution in [2.75, 3.05) is 38.1 Å². The number of aliphatic carboxylic acids is 5. The van der Waals surface area contributed by atoms with Gasteiger partial charge in [0.15, 0.2) is 0 Å². The number of ether oxygens (including phenoxy) is 1. The summed E-state index contributed by atoms with van der Waals surface area (Å²) in [4.78, 5) is 79.0. The number of carboxylic acids is 6. The number of carbonyl (C=O) groups is 7. The van der Waals surface area contributed by atoms with Crippen molar-refractivity contribution in [2.24, 2.45) is 0 Å². The minimum atomic E-state index is -1.27. The zero-order valence-corrected chi connectivity index (χ0v) is 33.3. The molecule has 0 saturated heterocycles. The molecule has 0 bridgehead atoms. The average Bonchev–Trinajstić information content (AvgIpc) is 3.12. The molecule has 0 radical (unpaired) electrons. The summed E-state index contributed by atoms with van der Waals surface area (Å²) < 4.78 is 18.6. The van der Waals surface area contributed by atoms with Crippen LogP contribution in [0.5, 0.6) is 5.75 Å². The topological polar surface area (TPSA) is 269 Å². The van der Waals surface area contributed by atoms with E-state index in [1.165, 1.54) is 21.9 Å². The molecule has 1 fully saturated rings. The first kappa shape index (κ1) is 50.7. The van der Waals surface area contributed by atoms with Crippen LogP contribution in [-0.4, -0.2) is 127 Å². The van der Waals surface area contributed by atoms with Crippen LogP contribution in [0.3, 0.4) is 0 Å². The number of benzene rings is 2. The number of hydrogen-bond donors (Lipinski definition) is 7. The molecular weight excluding hydrogens is 789 g/mol. The molecule has 3 rings (SSSR count). The fourth-order valence-electron chi connectivity index (χ4n) is 6.05. The minimum absolute atomic E-state index is 0.00193. The first-order chi connectivity index (χ1) is 27.4. The van der Waals surface area contributed by atoms with Gasteiger partial charge in [0.05, 0.1) is 38.3 Å². The summed E-state index contributed by atoms with van der Waals surface area (Å²) in [5.41, 5.74) is 1.14. The van der Waals surface area contributed by atoms with Crippen LogP contribution in [0.2, 0.25) is 5.02 Å². The first-order valence-corrected chi connectivity index (χ1v) is 19.0. The van der Waals surface area contributed by atoms with Crippen LogP contribution >= 0.6 is 11.6 Å². The lowest BCUT2D eigenvalue weighted by molar-refractivity contribution is -0.149. The fourth-order valence-corrected chi connectivity index (χ4v) is 6.23. The molecule has 0 heterocycles. The van der Waals surface area contributed by atoms with Gasteiger partial charge in [-0.2, -0.15) is 0 Å². The van der Waals surface area contributed by atoms with Gasteiger partial charge in [-0.1, -0.05) is 56.7 Å². The van der Waals surface area contributed by atoms with Gasteiger partial charge in [0.2, 0.25) is 5.91 Å². The zero-order valence-electron chi connectivity index (χ0n) is 32.5. The monoisotopic (exact) mass is 841 g/mol. The number of nitrogens with one attached hydrogen (secondary N) is 1. The number of amides is 1. The molecule has 2 aromatic rings. The maximum absolute atomic E-state index is 13.3. The Bertz CT molecular complexity index is 1620. The average molecular weight is 842 g/mol. The molecule has 7 N–H and O–H groups in total.